The summed E-state index contributed by atoms with van der Waals surface area (Å²) >= 11 is 0. The summed E-state index contributed by atoms with van der Waals surface area (Å²) in [7, 11) is 0. The number of rotatable bonds is 7. The summed E-state index contributed by atoms with van der Waals surface area (Å²) in [6.07, 6.45) is -1.57. The summed E-state index contributed by atoms with van der Waals surface area (Å²) in [6.45, 7) is 5.73. The van der Waals surface area contributed by atoms with E-state index in [0.717, 1.165) is 21.8 Å². The molecule has 5 aromatic rings. The maximum Gasteiger partial charge on any atom is 0.417 e. The molecule has 0 aliphatic heterocycles. The van der Waals surface area contributed by atoms with Gasteiger partial charge in [-0.2, -0.15) is 0 Å². The van der Waals surface area contributed by atoms with E-state index in [9.17, 15) is 14.7 Å². The third kappa shape index (κ3) is 5.46. The van der Waals surface area contributed by atoms with Crippen LogP contribution in [-0.2, 0) is 4.74 Å². The van der Waals surface area contributed by atoms with Gasteiger partial charge < -0.3 is 28.9 Å². The molecule has 0 unspecified atom stereocenters. The van der Waals surface area contributed by atoms with Crippen LogP contribution in [0, 0.1) is 0 Å². The van der Waals surface area contributed by atoms with Gasteiger partial charge in [-0.1, -0.05) is 24.3 Å². The number of aliphatic hydroxyl groups is 1. The van der Waals surface area contributed by atoms with Crippen molar-refractivity contribution in [3.8, 4) is 5.75 Å². The van der Waals surface area contributed by atoms with Crippen molar-refractivity contribution in [2.45, 2.75) is 32.5 Å². The number of hydrogen-bond donors (Lipinski definition) is 3. The number of ether oxygens (including phenoxy) is 2. The van der Waals surface area contributed by atoms with Crippen molar-refractivity contribution in [2.75, 3.05) is 19.7 Å². The molecule has 0 aliphatic carbocycles. The van der Waals surface area contributed by atoms with E-state index in [1.165, 1.54) is 4.90 Å². The van der Waals surface area contributed by atoms with E-state index in [1.54, 1.807) is 39.0 Å². The monoisotopic (exact) mass is 503 g/mol. The highest BCUT2D eigenvalue weighted by Gasteiger charge is 2.25. The van der Waals surface area contributed by atoms with Crippen molar-refractivity contribution in [3.05, 3.63) is 76.8 Å². The summed E-state index contributed by atoms with van der Waals surface area (Å²) in [5.74, 6) is 0.0953. The summed E-state index contributed by atoms with van der Waals surface area (Å²) in [5.41, 5.74) is 2.72. The molecule has 2 aromatic heterocycles. The van der Waals surface area contributed by atoms with Gasteiger partial charge in [0.25, 0.3) is 0 Å². The van der Waals surface area contributed by atoms with Gasteiger partial charge in [0.15, 0.2) is 5.58 Å². The molecular weight excluding hydrogens is 474 g/mol. The Morgan fingerprint density at radius 3 is 2.59 bits per heavy atom. The van der Waals surface area contributed by atoms with Crippen LogP contribution < -0.4 is 10.5 Å². The Labute approximate surface area is 212 Å². The Bertz CT molecular complexity index is 1620. The van der Waals surface area contributed by atoms with Gasteiger partial charge in [-0.05, 0) is 56.7 Å². The Morgan fingerprint density at radius 1 is 1.00 bits per heavy atom. The first-order valence-electron chi connectivity index (χ1n) is 12.1. The highest BCUT2D eigenvalue weighted by Crippen LogP contribution is 2.28. The molecule has 0 aliphatic rings. The molecule has 9 heteroatoms. The van der Waals surface area contributed by atoms with Gasteiger partial charge in [-0.25, -0.2) is 9.59 Å². The summed E-state index contributed by atoms with van der Waals surface area (Å²) in [5, 5.41) is 13.1. The first kappa shape index (κ1) is 24.5. The quantitative estimate of drug-likeness (QED) is 0.284. The number of amides is 1. The van der Waals surface area contributed by atoms with Crippen LogP contribution in [0.25, 0.3) is 32.9 Å². The second kappa shape index (κ2) is 9.67. The van der Waals surface area contributed by atoms with E-state index < -0.39 is 23.6 Å². The van der Waals surface area contributed by atoms with Gasteiger partial charge in [-0.15, -0.1) is 0 Å². The van der Waals surface area contributed by atoms with E-state index in [1.807, 2.05) is 36.4 Å². The molecule has 192 valence electrons. The van der Waals surface area contributed by atoms with Crippen molar-refractivity contribution >= 4 is 39.0 Å². The number of aromatic amines is 2. The fraction of sp³-hybridized carbons (Fsp3) is 0.286. The minimum absolute atomic E-state index is 0.0209. The van der Waals surface area contributed by atoms with Crippen LogP contribution in [0.2, 0.25) is 0 Å². The smallest absolute Gasteiger partial charge is 0.417 e. The van der Waals surface area contributed by atoms with E-state index in [2.05, 4.69) is 16.0 Å². The van der Waals surface area contributed by atoms with Gasteiger partial charge in [0, 0.05) is 22.4 Å². The van der Waals surface area contributed by atoms with E-state index in [0.29, 0.717) is 22.4 Å². The number of oxazole rings is 1. The maximum absolute atomic E-state index is 12.9. The number of nitrogens with zero attached hydrogens (tertiary/aromatic N) is 1. The van der Waals surface area contributed by atoms with Crippen LogP contribution in [0.1, 0.15) is 32.4 Å². The zero-order valence-electron chi connectivity index (χ0n) is 20.9. The lowest BCUT2D eigenvalue weighted by Crippen LogP contribution is -2.41. The molecule has 3 aromatic carbocycles. The van der Waals surface area contributed by atoms with Crippen LogP contribution in [-0.4, -0.2) is 51.4 Å². The zero-order valence-corrected chi connectivity index (χ0v) is 20.9. The lowest BCUT2D eigenvalue weighted by atomic mass is 10.1. The fourth-order valence-electron chi connectivity index (χ4n) is 4.27. The molecule has 1 amide bonds. The first-order chi connectivity index (χ1) is 17.7. The normalized spacial score (nSPS) is 12.8. The van der Waals surface area contributed by atoms with Crippen molar-refractivity contribution in [1.82, 2.24) is 14.9 Å². The number of carbonyl (C=O) groups is 1. The predicted molar refractivity (Wildman–Crippen MR) is 141 cm³/mol. The third-order valence-electron chi connectivity index (χ3n) is 5.98. The second-order valence-corrected chi connectivity index (χ2v) is 9.94. The third-order valence-corrected chi connectivity index (χ3v) is 5.98. The number of para-hydroxylation sites is 1. The van der Waals surface area contributed by atoms with Crippen molar-refractivity contribution < 1.29 is 23.8 Å². The first-order valence-corrected chi connectivity index (χ1v) is 12.1. The van der Waals surface area contributed by atoms with Crippen LogP contribution in [0.5, 0.6) is 5.75 Å². The van der Waals surface area contributed by atoms with Crippen LogP contribution >= 0.6 is 0 Å². The molecule has 0 spiro atoms. The lowest BCUT2D eigenvalue weighted by Gasteiger charge is -2.29. The molecule has 37 heavy (non-hydrogen) atoms. The molecule has 3 N–H and O–H groups in total. The van der Waals surface area contributed by atoms with Crippen molar-refractivity contribution in [1.29, 1.82) is 0 Å². The number of fused-ring (bicyclic) bond motifs is 4. The number of aliphatic hydroxyl groups excluding tert-OH is 1. The Balaban J connectivity index is 1.29. The molecule has 0 fully saturated rings. The molecular formula is C28H29N3O6. The van der Waals surface area contributed by atoms with Crippen molar-refractivity contribution in [3.63, 3.8) is 0 Å². The van der Waals surface area contributed by atoms with Gasteiger partial charge >= 0.3 is 11.8 Å². The summed E-state index contributed by atoms with van der Waals surface area (Å²) in [4.78, 5) is 31.8. The number of H-pyrrole nitrogens is 2. The Morgan fingerprint density at radius 2 is 1.78 bits per heavy atom. The van der Waals surface area contributed by atoms with Crippen LogP contribution in [0.15, 0.2) is 69.9 Å². The number of hydrogen-bond acceptors (Lipinski definition) is 6. The van der Waals surface area contributed by atoms with Gasteiger partial charge in [0.2, 0.25) is 0 Å². The number of carbonyl (C=O) groups excluding carboxylic acids is 1. The molecule has 0 saturated carbocycles. The number of nitrogens with one attached hydrogen (secondary N) is 2. The Kier molecular flexibility index (Phi) is 6.39. The SMILES string of the molecule is CC(C)(C)OC(=O)N(CCOc1ccc2c(c1)[nH]c1ccccc12)C[C@H](O)c1ccc2oc(=O)[nH]c2c1. The standard InChI is InChI=1S/C28H29N3O6/c1-28(2,3)37-27(34)31(16-24(32)17-8-11-25-23(14-17)30-26(33)36-25)12-13-35-18-9-10-20-19-6-4-5-7-21(19)29-22(20)15-18/h4-11,14-15,24,29,32H,12-13,16H2,1-3H3,(H,30,33)/t24-/m0/s1. The minimum atomic E-state index is -1.02. The minimum Gasteiger partial charge on any atom is -0.492 e. The number of aromatic nitrogens is 2. The average Bonchev–Trinajstić information content (AvgIpc) is 3.40. The van der Waals surface area contributed by atoms with Crippen molar-refractivity contribution in [2.24, 2.45) is 0 Å². The van der Waals surface area contributed by atoms with Gasteiger partial charge in [0.05, 0.1) is 30.2 Å². The fourth-order valence-corrected chi connectivity index (χ4v) is 4.27. The molecule has 2 heterocycles. The predicted octanol–water partition coefficient (Wildman–Crippen LogP) is 5.11. The highest BCUT2D eigenvalue weighted by molar-refractivity contribution is 6.07. The number of benzene rings is 3. The van der Waals surface area contributed by atoms with Gasteiger partial charge in [-0.3, -0.25) is 4.98 Å². The summed E-state index contributed by atoms with van der Waals surface area (Å²) < 4.78 is 16.5. The Hall–Kier alpha value is -4.24. The maximum atomic E-state index is 12.9. The molecule has 1 atom stereocenters. The summed E-state index contributed by atoms with van der Waals surface area (Å²) in [6, 6.07) is 18.8. The zero-order chi connectivity index (χ0) is 26.2. The topological polar surface area (TPSA) is 121 Å². The highest BCUT2D eigenvalue weighted by atomic mass is 16.6. The van der Waals surface area contributed by atoms with E-state index in [4.69, 9.17) is 13.9 Å². The molecule has 0 saturated heterocycles. The largest absolute Gasteiger partial charge is 0.492 e. The van der Waals surface area contributed by atoms with Gasteiger partial charge in [0.1, 0.15) is 18.0 Å². The molecule has 0 bridgehead atoms. The second-order valence-electron chi connectivity index (χ2n) is 9.94. The van der Waals surface area contributed by atoms with Crippen LogP contribution in [0.4, 0.5) is 4.79 Å². The van der Waals surface area contributed by atoms with Crippen LogP contribution in [0.3, 0.4) is 0 Å². The lowest BCUT2D eigenvalue weighted by molar-refractivity contribution is 0.0117. The molecule has 0 radical (unpaired) electrons. The molecule has 5 rings (SSSR count). The van der Waals surface area contributed by atoms with E-state index >= 15 is 0 Å². The van der Waals surface area contributed by atoms with E-state index in [-0.39, 0.29) is 19.7 Å². The average molecular weight is 504 g/mol. The molecule has 9 nitrogen and oxygen atoms in total.